The molecule has 2 atom stereocenters. The quantitative estimate of drug-likeness (QED) is 0.0533. The molecule has 2 N–H and O–H groups in total. The van der Waals surface area contributed by atoms with Crippen molar-refractivity contribution in [3.63, 3.8) is 0 Å². The Hall–Kier alpha value is -1.59. The SMILES string of the molecule is CCCCCCCCCCCCCCCCCC(=O)N[C@@H](CCC(=O)O)C(=O)OC(CCCCCC)CCCCCCCCC. The molecule has 0 spiro atoms. The standard InChI is InChI=1S/C39H75NO5/c1-4-7-10-13-15-16-17-18-19-20-21-22-24-26-29-32-37(41)40-36(33-34-38(42)43)39(44)45-35(30-27-12-9-6-3)31-28-25-23-14-11-8-5-2/h35-36H,4-34H2,1-3H3,(H,40,41)(H,42,43)/t35?,36-/m0/s1. The Kier molecular flexibility index (Phi) is 32.6. The molecule has 0 aliphatic heterocycles. The van der Waals surface area contributed by atoms with Gasteiger partial charge in [-0.2, -0.15) is 0 Å². The van der Waals surface area contributed by atoms with Crippen molar-refractivity contribution in [2.24, 2.45) is 0 Å². The molecule has 0 bridgehead atoms. The summed E-state index contributed by atoms with van der Waals surface area (Å²) in [6.07, 6.45) is 33.8. The molecule has 0 saturated carbocycles. The second-order valence-electron chi connectivity index (χ2n) is 13.6. The Morgan fingerprint density at radius 2 is 0.844 bits per heavy atom. The van der Waals surface area contributed by atoms with Gasteiger partial charge in [0.05, 0.1) is 0 Å². The van der Waals surface area contributed by atoms with E-state index in [-0.39, 0.29) is 24.9 Å². The molecule has 0 aliphatic rings. The predicted molar refractivity (Wildman–Crippen MR) is 190 cm³/mol. The van der Waals surface area contributed by atoms with E-state index in [9.17, 15) is 19.5 Å². The molecule has 6 nitrogen and oxygen atoms in total. The van der Waals surface area contributed by atoms with Gasteiger partial charge in [-0.1, -0.05) is 168 Å². The van der Waals surface area contributed by atoms with E-state index in [1.54, 1.807) is 0 Å². The van der Waals surface area contributed by atoms with Gasteiger partial charge in [0, 0.05) is 12.8 Å². The molecule has 1 unspecified atom stereocenters. The van der Waals surface area contributed by atoms with Crippen LogP contribution in [0.4, 0.5) is 0 Å². The Morgan fingerprint density at radius 1 is 0.489 bits per heavy atom. The zero-order chi connectivity index (χ0) is 33.2. The largest absolute Gasteiger partial charge is 0.481 e. The van der Waals surface area contributed by atoms with E-state index in [2.05, 4.69) is 26.1 Å². The smallest absolute Gasteiger partial charge is 0.328 e. The normalized spacial score (nSPS) is 12.6. The molecule has 0 aromatic rings. The zero-order valence-electron chi connectivity index (χ0n) is 30.2. The monoisotopic (exact) mass is 638 g/mol. The summed E-state index contributed by atoms with van der Waals surface area (Å²) in [7, 11) is 0. The van der Waals surface area contributed by atoms with Gasteiger partial charge in [-0.05, 0) is 38.5 Å². The van der Waals surface area contributed by atoms with E-state index in [0.717, 1.165) is 64.2 Å². The van der Waals surface area contributed by atoms with Crippen LogP contribution in [0.2, 0.25) is 0 Å². The Morgan fingerprint density at radius 3 is 1.24 bits per heavy atom. The number of nitrogens with one attached hydrogen (secondary N) is 1. The van der Waals surface area contributed by atoms with Crippen LogP contribution in [0, 0.1) is 0 Å². The number of unbranched alkanes of at least 4 members (excludes halogenated alkanes) is 23. The van der Waals surface area contributed by atoms with Gasteiger partial charge in [-0.3, -0.25) is 9.59 Å². The summed E-state index contributed by atoms with van der Waals surface area (Å²) < 4.78 is 5.96. The number of aliphatic carboxylic acids is 1. The predicted octanol–water partition coefficient (Wildman–Crippen LogP) is 11.6. The van der Waals surface area contributed by atoms with Crippen LogP contribution in [0.25, 0.3) is 0 Å². The van der Waals surface area contributed by atoms with Crippen LogP contribution in [0.5, 0.6) is 0 Å². The van der Waals surface area contributed by atoms with Crippen LogP contribution < -0.4 is 5.32 Å². The van der Waals surface area contributed by atoms with Gasteiger partial charge in [0.15, 0.2) is 0 Å². The number of carboxylic acid groups (broad SMARTS) is 1. The molecule has 266 valence electrons. The van der Waals surface area contributed by atoms with Crippen molar-refractivity contribution in [1.82, 2.24) is 5.32 Å². The fourth-order valence-corrected chi connectivity index (χ4v) is 6.08. The van der Waals surface area contributed by atoms with Crippen molar-refractivity contribution in [3.8, 4) is 0 Å². The first-order valence-electron chi connectivity index (χ1n) is 19.7. The van der Waals surface area contributed by atoms with E-state index >= 15 is 0 Å². The Balaban J connectivity index is 4.40. The van der Waals surface area contributed by atoms with Gasteiger partial charge >= 0.3 is 11.9 Å². The highest BCUT2D eigenvalue weighted by Crippen LogP contribution is 2.18. The first-order valence-corrected chi connectivity index (χ1v) is 19.7. The maximum atomic E-state index is 13.2. The number of carbonyl (C=O) groups is 3. The number of carbonyl (C=O) groups excluding carboxylic acids is 2. The first-order chi connectivity index (χ1) is 21.9. The van der Waals surface area contributed by atoms with Gasteiger partial charge in [-0.25, -0.2) is 4.79 Å². The van der Waals surface area contributed by atoms with Crippen LogP contribution >= 0.6 is 0 Å². The lowest BCUT2D eigenvalue weighted by Gasteiger charge is -2.23. The highest BCUT2D eigenvalue weighted by atomic mass is 16.5. The second-order valence-corrected chi connectivity index (χ2v) is 13.6. The van der Waals surface area contributed by atoms with E-state index in [4.69, 9.17) is 4.74 Å². The molecular formula is C39H75NO5. The maximum absolute atomic E-state index is 13.2. The Labute approximate surface area is 279 Å². The van der Waals surface area contributed by atoms with Crippen molar-refractivity contribution in [1.29, 1.82) is 0 Å². The van der Waals surface area contributed by atoms with Gasteiger partial charge < -0.3 is 15.2 Å². The third-order valence-corrected chi connectivity index (χ3v) is 9.07. The number of ether oxygens (including phenoxy) is 1. The second kappa shape index (κ2) is 33.8. The van der Waals surface area contributed by atoms with Crippen LogP contribution in [-0.2, 0) is 19.1 Å². The van der Waals surface area contributed by atoms with Crippen LogP contribution in [0.15, 0.2) is 0 Å². The zero-order valence-corrected chi connectivity index (χ0v) is 30.2. The number of hydrogen-bond acceptors (Lipinski definition) is 4. The molecule has 45 heavy (non-hydrogen) atoms. The minimum absolute atomic E-state index is 0.0682. The highest BCUT2D eigenvalue weighted by Gasteiger charge is 2.26. The van der Waals surface area contributed by atoms with Gasteiger partial charge in [0.25, 0.3) is 0 Å². The van der Waals surface area contributed by atoms with E-state index in [1.807, 2.05) is 0 Å². The van der Waals surface area contributed by atoms with E-state index < -0.39 is 18.0 Å². The summed E-state index contributed by atoms with van der Waals surface area (Å²) in [6, 6.07) is -0.892. The summed E-state index contributed by atoms with van der Waals surface area (Å²) in [4.78, 5) is 37.2. The molecule has 6 heteroatoms. The minimum Gasteiger partial charge on any atom is -0.481 e. The number of rotatable bonds is 35. The molecule has 0 radical (unpaired) electrons. The van der Waals surface area contributed by atoms with Gasteiger partial charge in [-0.15, -0.1) is 0 Å². The van der Waals surface area contributed by atoms with Gasteiger partial charge in [0.1, 0.15) is 12.1 Å². The number of esters is 1. The molecule has 0 aliphatic carbocycles. The van der Waals surface area contributed by atoms with Crippen molar-refractivity contribution in [3.05, 3.63) is 0 Å². The molecule has 0 aromatic carbocycles. The van der Waals surface area contributed by atoms with Crippen LogP contribution in [0.3, 0.4) is 0 Å². The molecule has 1 amide bonds. The summed E-state index contributed by atoms with van der Waals surface area (Å²) >= 11 is 0. The van der Waals surface area contributed by atoms with E-state index in [1.165, 1.54) is 116 Å². The lowest BCUT2D eigenvalue weighted by molar-refractivity contribution is -0.154. The van der Waals surface area contributed by atoms with Crippen molar-refractivity contribution in [2.75, 3.05) is 0 Å². The summed E-state index contributed by atoms with van der Waals surface area (Å²) in [5.74, 6) is -1.61. The average molecular weight is 638 g/mol. The van der Waals surface area contributed by atoms with Crippen molar-refractivity contribution in [2.45, 2.75) is 232 Å². The molecule has 0 saturated heterocycles. The van der Waals surface area contributed by atoms with Crippen molar-refractivity contribution < 1.29 is 24.2 Å². The maximum Gasteiger partial charge on any atom is 0.328 e. The Bertz CT molecular complexity index is 682. The summed E-state index contributed by atoms with van der Waals surface area (Å²) in [5.41, 5.74) is 0. The lowest BCUT2D eigenvalue weighted by Crippen LogP contribution is -2.43. The molecule has 0 fully saturated rings. The van der Waals surface area contributed by atoms with Crippen LogP contribution in [-0.4, -0.2) is 35.1 Å². The third kappa shape index (κ3) is 30.8. The lowest BCUT2D eigenvalue weighted by atomic mass is 10.0. The topological polar surface area (TPSA) is 92.7 Å². The molecule has 0 heterocycles. The minimum atomic E-state index is -0.969. The number of hydrogen-bond donors (Lipinski definition) is 2. The van der Waals surface area contributed by atoms with E-state index in [0.29, 0.717) is 6.42 Å². The van der Waals surface area contributed by atoms with Gasteiger partial charge in [0.2, 0.25) is 5.91 Å². The van der Waals surface area contributed by atoms with Crippen LogP contribution in [0.1, 0.15) is 220 Å². The molecule has 0 rings (SSSR count). The molecule has 0 aromatic heterocycles. The van der Waals surface area contributed by atoms with Crippen molar-refractivity contribution >= 4 is 17.8 Å². The average Bonchev–Trinajstić information content (AvgIpc) is 3.02. The first kappa shape index (κ1) is 43.4. The number of carboxylic acids is 1. The summed E-state index contributed by atoms with van der Waals surface area (Å²) in [6.45, 7) is 6.68. The molecular weight excluding hydrogens is 562 g/mol. The summed E-state index contributed by atoms with van der Waals surface area (Å²) in [5, 5.41) is 12.1. The fraction of sp³-hybridized carbons (Fsp3) is 0.923. The number of amides is 1. The fourth-order valence-electron chi connectivity index (χ4n) is 6.08. The third-order valence-electron chi connectivity index (χ3n) is 9.07. The highest BCUT2D eigenvalue weighted by molar-refractivity contribution is 5.85.